The maximum atomic E-state index is 10.4. The minimum atomic E-state index is -1.92. The third-order valence-electron chi connectivity index (χ3n) is 1.32. The first kappa shape index (κ1) is 6.42. The third kappa shape index (κ3) is 1.59. The topological polar surface area (TPSA) is 77.8 Å². The van der Waals surface area contributed by atoms with Crippen LogP contribution in [-0.4, -0.2) is 27.4 Å². The van der Waals surface area contributed by atoms with E-state index in [4.69, 9.17) is 16.7 Å². The molecule has 1 rings (SSSR count). The number of aliphatic carboxylic acids is 1. The van der Waals surface area contributed by atoms with Gasteiger partial charge in [0.05, 0.1) is 13.0 Å². The average molecular weight is 157 g/mol. The predicted molar refractivity (Wildman–Crippen MR) is 37.1 cm³/mol. The van der Waals surface area contributed by atoms with Crippen LogP contribution in [-0.2, 0) is 4.79 Å². The van der Waals surface area contributed by atoms with Crippen LogP contribution in [0.15, 0.2) is 23.5 Å². The van der Waals surface area contributed by atoms with Crippen LogP contribution in [0.25, 0.3) is 0 Å². The highest BCUT2D eigenvalue weighted by molar-refractivity contribution is 5.91. The number of rotatable bonds is 1. The van der Waals surface area contributed by atoms with Gasteiger partial charge in [-0.2, -0.15) is 0 Å². The van der Waals surface area contributed by atoms with Crippen LogP contribution >= 0.6 is 0 Å². The molecule has 1 aliphatic rings. The molecule has 0 fully saturated rings. The van der Waals surface area contributed by atoms with Crippen molar-refractivity contribution in [1.82, 2.24) is 0 Å². The van der Waals surface area contributed by atoms with Crippen molar-refractivity contribution in [2.24, 2.45) is 0 Å². The summed E-state index contributed by atoms with van der Waals surface area (Å²) in [6.07, 6.45) is -0.101. The summed E-state index contributed by atoms with van der Waals surface area (Å²) in [6.45, 7) is 0. The Kier molecular flexibility index (Phi) is 1.61. The molecule has 0 radical (unpaired) electrons. The van der Waals surface area contributed by atoms with Crippen LogP contribution < -0.4 is 0 Å². The van der Waals surface area contributed by atoms with E-state index in [-0.39, 0.29) is 6.42 Å². The Bertz CT molecular complexity index is 277. The standard InChI is InChI=1S/C7H8O4/c8-4-1-2-6(9)5(3-4)7(10)11/h2-4,8-9H,1H2,(H,10,11)/i4D. The number of aliphatic hydroxyl groups is 2. The molecule has 0 aromatic heterocycles. The Morgan fingerprint density at radius 2 is 2.45 bits per heavy atom. The Morgan fingerprint density at radius 1 is 1.82 bits per heavy atom. The first-order chi connectivity index (χ1) is 5.42. The molecule has 1 aliphatic carbocycles. The van der Waals surface area contributed by atoms with Crippen molar-refractivity contribution in [2.75, 3.05) is 0 Å². The molecule has 0 aromatic carbocycles. The first-order valence-electron chi connectivity index (χ1n) is 3.50. The Hall–Kier alpha value is -1.29. The van der Waals surface area contributed by atoms with E-state index in [2.05, 4.69) is 0 Å². The summed E-state index contributed by atoms with van der Waals surface area (Å²) < 4.78 is 7.10. The summed E-state index contributed by atoms with van der Waals surface area (Å²) >= 11 is 0. The largest absolute Gasteiger partial charge is 0.507 e. The van der Waals surface area contributed by atoms with Gasteiger partial charge in [-0.1, -0.05) is 0 Å². The summed E-state index contributed by atoms with van der Waals surface area (Å²) in [5, 5.41) is 26.5. The van der Waals surface area contributed by atoms with Crippen molar-refractivity contribution in [2.45, 2.75) is 12.5 Å². The van der Waals surface area contributed by atoms with E-state index in [0.29, 0.717) is 0 Å². The molecular weight excluding hydrogens is 148 g/mol. The second-order valence-corrected chi connectivity index (χ2v) is 2.15. The van der Waals surface area contributed by atoms with E-state index >= 15 is 0 Å². The van der Waals surface area contributed by atoms with E-state index in [0.717, 1.165) is 12.2 Å². The summed E-state index contributed by atoms with van der Waals surface area (Å²) in [7, 11) is 0. The van der Waals surface area contributed by atoms with E-state index in [1.165, 1.54) is 0 Å². The maximum absolute atomic E-state index is 10.4. The SMILES string of the molecule is [2H]C1(O)C=C(C(=O)O)C(O)=CC1. The highest BCUT2D eigenvalue weighted by atomic mass is 16.4. The monoisotopic (exact) mass is 157 g/mol. The van der Waals surface area contributed by atoms with Crippen molar-refractivity contribution in [3.05, 3.63) is 23.5 Å². The third-order valence-corrected chi connectivity index (χ3v) is 1.32. The number of hydrogen-bond donors (Lipinski definition) is 3. The average Bonchev–Trinajstić information content (AvgIpc) is 1.94. The molecular formula is C7H8O4. The molecule has 1 unspecified atom stereocenters. The van der Waals surface area contributed by atoms with E-state index < -0.39 is 23.4 Å². The number of carboxylic acid groups (broad SMARTS) is 1. The zero-order chi connectivity index (χ0) is 9.35. The molecule has 0 aliphatic heterocycles. The van der Waals surface area contributed by atoms with Gasteiger partial charge in [0.2, 0.25) is 0 Å². The predicted octanol–water partition coefficient (Wildman–Crippen LogP) is 0.204. The molecule has 0 spiro atoms. The fourth-order valence-corrected chi connectivity index (χ4v) is 0.782. The lowest BCUT2D eigenvalue weighted by Gasteiger charge is -2.10. The molecule has 0 saturated carbocycles. The molecule has 0 aromatic rings. The van der Waals surface area contributed by atoms with Crippen LogP contribution in [0.4, 0.5) is 0 Å². The zero-order valence-corrected chi connectivity index (χ0v) is 5.61. The highest BCUT2D eigenvalue weighted by Gasteiger charge is 2.18. The number of hydrogen-bond acceptors (Lipinski definition) is 3. The first-order valence-corrected chi connectivity index (χ1v) is 3.00. The lowest BCUT2D eigenvalue weighted by atomic mass is 10.0. The van der Waals surface area contributed by atoms with Gasteiger partial charge < -0.3 is 15.3 Å². The minimum Gasteiger partial charge on any atom is -0.507 e. The van der Waals surface area contributed by atoms with Crippen molar-refractivity contribution < 1.29 is 21.5 Å². The summed E-state index contributed by atoms with van der Waals surface area (Å²) in [6, 6.07) is 0. The molecule has 11 heavy (non-hydrogen) atoms. The van der Waals surface area contributed by atoms with Crippen LogP contribution in [0.1, 0.15) is 7.79 Å². The molecule has 1 atom stereocenters. The van der Waals surface area contributed by atoms with Crippen LogP contribution in [0.2, 0.25) is 0 Å². The van der Waals surface area contributed by atoms with Crippen LogP contribution in [0.5, 0.6) is 0 Å². The van der Waals surface area contributed by atoms with Gasteiger partial charge in [0.1, 0.15) is 5.76 Å². The van der Waals surface area contributed by atoms with Gasteiger partial charge in [-0.05, 0) is 18.6 Å². The van der Waals surface area contributed by atoms with Crippen molar-refractivity contribution in [3.63, 3.8) is 0 Å². The Labute approximate surface area is 64.5 Å². The molecule has 60 valence electrons. The molecule has 0 amide bonds. The van der Waals surface area contributed by atoms with Gasteiger partial charge in [-0.15, -0.1) is 0 Å². The quantitative estimate of drug-likeness (QED) is 0.508. The summed E-state index contributed by atoms with van der Waals surface area (Å²) in [5.41, 5.74) is -0.432. The van der Waals surface area contributed by atoms with Crippen molar-refractivity contribution in [1.29, 1.82) is 0 Å². The molecule has 4 nitrogen and oxygen atoms in total. The lowest BCUT2D eigenvalue weighted by Crippen LogP contribution is -2.13. The van der Waals surface area contributed by atoms with E-state index in [1.807, 2.05) is 0 Å². The zero-order valence-electron chi connectivity index (χ0n) is 6.61. The van der Waals surface area contributed by atoms with Gasteiger partial charge in [-0.3, -0.25) is 0 Å². The van der Waals surface area contributed by atoms with Gasteiger partial charge in [0.25, 0.3) is 0 Å². The molecule has 0 bridgehead atoms. The van der Waals surface area contributed by atoms with Gasteiger partial charge in [-0.25, -0.2) is 4.79 Å². The Balaban J connectivity index is 3.02. The second kappa shape index (κ2) is 2.75. The molecule has 3 N–H and O–H groups in total. The Morgan fingerprint density at radius 3 is 2.91 bits per heavy atom. The van der Waals surface area contributed by atoms with Crippen molar-refractivity contribution in [3.8, 4) is 0 Å². The van der Waals surface area contributed by atoms with Crippen LogP contribution in [0, 0.1) is 0 Å². The van der Waals surface area contributed by atoms with Crippen LogP contribution in [0.3, 0.4) is 0 Å². The minimum absolute atomic E-state index is 0.102. The smallest absolute Gasteiger partial charge is 0.339 e. The molecule has 0 heterocycles. The number of carboxylic acids is 1. The number of aliphatic hydroxyl groups excluding tert-OH is 1. The maximum Gasteiger partial charge on any atom is 0.339 e. The summed E-state index contributed by atoms with van der Waals surface area (Å²) in [4.78, 5) is 10.4. The fraction of sp³-hybridized carbons (Fsp3) is 0.286. The van der Waals surface area contributed by atoms with E-state index in [1.54, 1.807) is 0 Å². The lowest BCUT2D eigenvalue weighted by molar-refractivity contribution is -0.132. The van der Waals surface area contributed by atoms with Gasteiger partial charge in [0, 0.05) is 0 Å². The summed E-state index contributed by atoms with van der Waals surface area (Å²) in [5.74, 6) is -1.76. The molecule has 4 heteroatoms. The molecule has 0 saturated heterocycles. The normalized spacial score (nSPS) is 31.9. The fourth-order valence-electron chi connectivity index (χ4n) is 0.782. The van der Waals surface area contributed by atoms with Crippen molar-refractivity contribution >= 4 is 5.97 Å². The second-order valence-electron chi connectivity index (χ2n) is 2.15. The number of carbonyl (C=O) groups is 1. The van der Waals surface area contributed by atoms with E-state index in [9.17, 15) is 4.79 Å². The highest BCUT2D eigenvalue weighted by Crippen LogP contribution is 2.16. The van der Waals surface area contributed by atoms with Gasteiger partial charge in [0.15, 0.2) is 0 Å². The van der Waals surface area contributed by atoms with Gasteiger partial charge >= 0.3 is 5.97 Å².